The monoisotopic (exact) mass is 210 g/mol. The minimum Gasteiger partial charge on any atom is -0.500 e. The van der Waals surface area contributed by atoms with Crippen molar-refractivity contribution in [1.82, 2.24) is 0 Å². The summed E-state index contributed by atoms with van der Waals surface area (Å²) in [5.41, 5.74) is 6.04. The third kappa shape index (κ3) is 6.35. The summed E-state index contributed by atoms with van der Waals surface area (Å²) in [6, 6.07) is 1.89. The van der Waals surface area contributed by atoms with Crippen LogP contribution in [0.3, 0.4) is 0 Å². The lowest BCUT2D eigenvalue weighted by Crippen LogP contribution is -2.26. The quantitative estimate of drug-likeness (QED) is 0.301. The van der Waals surface area contributed by atoms with E-state index in [4.69, 9.17) is 15.7 Å². The van der Waals surface area contributed by atoms with Gasteiger partial charge >= 0.3 is 0 Å². The smallest absolute Gasteiger partial charge is 0.103 e. The summed E-state index contributed by atoms with van der Waals surface area (Å²) in [5.74, 6) is 0.583. The van der Waals surface area contributed by atoms with E-state index in [-0.39, 0.29) is 6.04 Å². The van der Waals surface area contributed by atoms with E-state index in [0.29, 0.717) is 17.9 Å². The molecular formula is C10H14N2OS. The van der Waals surface area contributed by atoms with Gasteiger partial charge in [-0.25, -0.2) is 0 Å². The zero-order chi connectivity index (χ0) is 10.8. The Hall–Kier alpha value is -1.18. The number of nitrogens with zero attached hydrogens (tertiary/aromatic N) is 1. The van der Waals surface area contributed by atoms with Crippen LogP contribution in [0.1, 0.15) is 0 Å². The molecular weight excluding hydrogens is 196 g/mol. The zero-order valence-corrected chi connectivity index (χ0v) is 8.78. The number of ether oxygens (including phenoxy) is 1. The molecule has 0 rings (SSSR count). The van der Waals surface area contributed by atoms with Gasteiger partial charge in [-0.1, -0.05) is 12.7 Å². The maximum Gasteiger partial charge on any atom is 0.103 e. The SMILES string of the molecule is C=C/C(C#N)=C\C=C\OCC(N)CS. The molecule has 1 atom stereocenters. The fraction of sp³-hybridized carbons (Fsp3) is 0.300. The molecule has 14 heavy (non-hydrogen) atoms. The summed E-state index contributed by atoms with van der Waals surface area (Å²) in [6.45, 7) is 3.90. The molecule has 2 N–H and O–H groups in total. The highest BCUT2D eigenvalue weighted by Crippen LogP contribution is 1.93. The van der Waals surface area contributed by atoms with Crippen molar-refractivity contribution in [2.24, 2.45) is 5.73 Å². The second-order valence-corrected chi connectivity index (χ2v) is 2.91. The molecule has 0 aromatic heterocycles. The number of allylic oxidation sites excluding steroid dienone is 4. The molecule has 76 valence electrons. The molecule has 0 radical (unpaired) electrons. The van der Waals surface area contributed by atoms with E-state index in [1.54, 1.807) is 12.2 Å². The Morgan fingerprint density at radius 1 is 1.71 bits per heavy atom. The van der Waals surface area contributed by atoms with Gasteiger partial charge in [0, 0.05) is 11.8 Å². The Labute approximate surface area is 90.0 Å². The molecule has 0 aliphatic heterocycles. The van der Waals surface area contributed by atoms with Gasteiger partial charge in [0.05, 0.1) is 17.9 Å². The lowest BCUT2D eigenvalue weighted by Gasteiger charge is -2.05. The van der Waals surface area contributed by atoms with Crippen LogP contribution in [0.15, 0.2) is 36.6 Å². The van der Waals surface area contributed by atoms with Crippen LogP contribution in [0.4, 0.5) is 0 Å². The first-order chi connectivity index (χ1) is 6.74. The maximum atomic E-state index is 8.51. The van der Waals surface area contributed by atoms with E-state index >= 15 is 0 Å². The number of hydrogen-bond acceptors (Lipinski definition) is 4. The topological polar surface area (TPSA) is 59.0 Å². The highest BCUT2D eigenvalue weighted by atomic mass is 32.1. The van der Waals surface area contributed by atoms with Crippen LogP contribution >= 0.6 is 12.6 Å². The molecule has 4 heteroatoms. The van der Waals surface area contributed by atoms with Crippen LogP contribution in [0.25, 0.3) is 0 Å². The van der Waals surface area contributed by atoms with Crippen molar-refractivity contribution in [3.63, 3.8) is 0 Å². The highest BCUT2D eigenvalue weighted by molar-refractivity contribution is 7.80. The average molecular weight is 210 g/mol. The molecule has 0 saturated carbocycles. The fourth-order valence-electron chi connectivity index (χ4n) is 0.581. The van der Waals surface area contributed by atoms with Gasteiger partial charge in [-0.15, -0.1) is 0 Å². The number of hydrogen-bond donors (Lipinski definition) is 2. The molecule has 0 aromatic rings. The van der Waals surface area contributed by atoms with Gasteiger partial charge in [0.25, 0.3) is 0 Å². The Morgan fingerprint density at radius 2 is 2.43 bits per heavy atom. The Bertz CT molecular complexity index is 266. The van der Waals surface area contributed by atoms with Crippen molar-refractivity contribution in [3.8, 4) is 6.07 Å². The van der Waals surface area contributed by atoms with Crippen molar-refractivity contribution >= 4 is 12.6 Å². The lowest BCUT2D eigenvalue weighted by molar-refractivity contribution is 0.234. The number of nitrogens with two attached hydrogens (primary N) is 1. The third-order valence-electron chi connectivity index (χ3n) is 1.34. The van der Waals surface area contributed by atoms with Gasteiger partial charge in [0.2, 0.25) is 0 Å². The number of rotatable bonds is 6. The van der Waals surface area contributed by atoms with E-state index in [1.807, 2.05) is 6.07 Å². The van der Waals surface area contributed by atoms with Crippen LogP contribution in [0, 0.1) is 11.3 Å². The molecule has 0 saturated heterocycles. The maximum absolute atomic E-state index is 8.51. The first-order valence-electron chi connectivity index (χ1n) is 4.12. The first kappa shape index (κ1) is 12.8. The molecule has 0 amide bonds. The molecule has 0 fully saturated rings. The van der Waals surface area contributed by atoms with E-state index in [0.717, 1.165) is 0 Å². The molecule has 0 heterocycles. The van der Waals surface area contributed by atoms with E-state index in [1.165, 1.54) is 12.3 Å². The van der Waals surface area contributed by atoms with Crippen molar-refractivity contribution in [2.75, 3.05) is 12.4 Å². The average Bonchev–Trinajstić information content (AvgIpc) is 2.23. The Kier molecular flexibility index (Phi) is 7.71. The Balaban J connectivity index is 3.80. The summed E-state index contributed by atoms with van der Waals surface area (Å²) < 4.78 is 5.08. The van der Waals surface area contributed by atoms with Crippen molar-refractivity contribution in [3.05, 3.63) is 36.6 Å². The minimum atomic E-state index is -0.0678. The molecule has 0 aliphatic rings. The summed E-state index contributed by atoms with van der Waals surface area (Å²) in [6.07, 6.45) is 6.21. The second-order valence-electron chi connectivity index (χ2n) is 2.54. The van der Waals surface area contributed by atoms with Crippen LogP contribution < -0.4 is 5.73 Å². The first-order valence-corrected chi connectivity index (χ1v) is 4.75. The van der Waals surface area contributed by atoms with Crippen molar-refractivity contribution in [2.45, 2.75) is 6.04 Å². The lowest BCUT2D eigenvalue weighted by atomic mass is 10.3. The molecule has 0 aliphatic carbocycles. The van der Waals surface area contributed by atoms with Gasteiger partial charge in [-0.3, -0.25) is 0 Å². The van der Waals surface area contributed by atoms with Gasteiger partial charge < -0.3 is 10.5 Å². The molecule has 0 aromatic carbocycles. The van der Waals surface area contributed by atoms with Crippen molar-refractivity contribution in [1.29, 1.82) is 5.26 Å². The summed E-state index contributed by atoms with van der Waals surface area (Å²) in [4.78, 5) is 0. The van der Waals surface area contributed by atoms with E-state index in [9.17, 15) is 0 Å². The van der Waals surface area contributed by atoms with Gasteiger partial charge in [-0.2, -0.15) is 17.9 Å². The van der Waals surface area contributed by atoms with Gasteiger partial charge in [0.15, 0.2) is 0 Å². The van der Waals surface area contributed by atoms with Crippen LogP contribution in [0.2, 0.25) is 0 Å². The predicted octanol–water partition coefficient (Wildman–Crippen LogP) is 1.41. The Morgan fingerprint density at radius 3 is 2.93 bits per heavy atom. The van der Waals surface area contributed by atoms with Crippen LogP contribution in [-0.2, 0) is 4.74 Å². The number of nitriles is 1. The van der Waals surface area contributed by atoms with Gasteiger partial charge in [-0.05, 0) is 12.2 Å². The molecule has 0 spiro atoms. The number of thiol groups is 1. The second kappa shape index (κ2) is 8.42. The summed E-state index contributed by atoms with van der Waals surface area (Å²) in [5, 5.41) is 8.51. The normalized spacial score (nSPS) is 13.6. The predicted molar refractivity (Wildman–Crippen MR) is 60.8 cm³/mol. The summed E-state index contributed by atoms with van der Waals surface area (Å²) in [7, 11) is 0. The highest BCUT2D eigenvalue weighted by Gasteiger charge is 1.95. The van der Waals surface area contributed by atoms with Gasteiger partial charge in [0.1, 0.15) is 6.61 Å². The van der Waals surface area contributed by atoms with Crippen molar-refractivity contribution < 1.29 is 4.74 Å². The summed E-state index contributed by atoms with van der Waals surface area (Å²) >= 11 is 4.01. The third-order valence-corrected chi connectivity index (χ3v) is 1.81. The van der Waals surface area contributed by atoms with Crippen LogP contribution in [0.5, 0.6) is 0 Å². The molecule has 1 unspecified atom stereocenters. The molecule has 0 bridgehead atoms. The molecule has 3 nitrogen and oxygen atoms in total. The standard InChI is InChI=1S/C10H14N2OS/c1-2-9(6-11)4-3-5-13-7-10(12)8-14/h2-5,10,14H,1,7-8,12H2/b5-3+,9-4+. The van der Waals surface area contributed by atoms with E-state index < -0.39 is 0 Å². The minimum absolute atomic E-state index is 0.0678. The zero-order valence-electron chi connectivity index (χ0n) is 7.89. The largest absolute Gasteiger partial charge is 0.500 e. The fourth-order valence-corrected chi connectivity index (χ4v) is 0.687. The van der Waals surface area contributed by atoms with E-state index in [2.05, 4.69) is 19.2 Å². The van der Waals surface area contributed by atoms with Crippen LogP contribution in [-0.4, -0.2) is 18.4 Å².